The van der Waals surface area contributed by atoms with Crippen LogP contribution in [-0.2, 0) is 17.1 Å². The van der Waals surface area contributed by atoms with Crippen LogP contribution in [0.4, 0.5) is 32.0 Å². The van der Waals surface area contributed by atoms with Crippen molar-refractivity contribution in [1.29, 1.82) is 0 Å². The first-order chi connectivity index (χ1) is 15.1. The van der Waals surface area contributed by atoms with Crippen LogP contribution in [0.1, 0.15) is 28.2 Å². The molecule has 1 amide bonds. The molecule has 0 saturated carbocycles. The first kappa shape index (κ1) is 21.7. The second-order valence-electron chi connectivity index (χ2n) is 7.25. The van der Waals surface area contributed by atoms with Crippen molar-refractivity contribution >= 4 is 17.7 Å². The van der Waals surface area contributed by atoms with Crippen molar-refractivity contribution in [3.8, 4) is 0 Å². The Morgan fingerprint density at radius 2 is 1.19 bits per heavy atom. The fraction of sp³-hybridized carbons (Fsp3) is 0.125. The SMILES string of the molecule is O=C1C(c2ccc(C(F)(F)F)cc2)/C(=C\c2ccc(C(F)(F)F)cc2)N1c1ccccc1. The van der Waals surface area contributed by atoms with E-state index in [1.165, 1.54) is 29.2 Å². The van der Waals surface area contributed by atoms with Crippen LogP contribution in [0.5, 0.6) is 0 Å². The Morgan fingerprint density at radius 3 is 1.69 bits per heavy atom. The summed E-state index contributed by atoms with van der Waals surface area (Å²) < 4.78 is 77.2. The number of carbonyl (C=O) groups excluding carboxylic acids is 1. The Bertz CT molecular complexity index is 1150. The van der Waals surface area contributed by atoms with Crippen molar-refractivity contribution in [3.05, 3.63) is 107 Å². The van der Waals surface area contributed by atoms with Gasteiger partial charge in [0.05, 0.1) is 11.1 Å². The average Bonchev–Trinajstić information content (AvgIpc) is 2.74. The lowest BCUT2D eigenvalue weighted by Gasteiger charge is -2.42. The van der Waals surface area contributed by atoms with E-state index in [9.17, 15) is 31.1 Å². The van der Waals surface area contributed by atoms with Crippen LogP contribution in [0.25, 0.3) is 6.08 Å². The van der Waals surface area contributed by atoms with Gasteiger partial charge in [0.1, 0.15) is 5.92 Å². The molecule has 0 bridgehead atoms. The van der Waals surface area contributed by atoms with E-state index in [4.69, 9.17) is 0 Å². The molecule has 1 unspecified atom stereocenters. The van der Waals surface area contributed by atoms with Gasteiger partial charge in [0.2, 0.25) is 5.91 Å². The topological polar surface area (TPSA) is 20.3 Å². The Hall–Kier alpha value is -3.55. The highest BCUT2D eigenvalue weighted by molar-refractivity contribution is 6.13. The molecule has 2 nitrogen and oxygen atoms in total. The largest absolute Gasteiger partial charge is 0.416 e. The standard InChI is InChI=1S/C24H15F6NO/c25-23(26,27)17-10-6-15(7-11-17)14-20-21(16-8-12-18(13-9-16)24(28,29)30)22(32)31(20)19-4-2-1-3-5-19/h1-14,21H/b20-14+. The Morgan fingerprint density at radius 1 is 0.688 bits per heavy atom. The Kier molecular flexibility index (Phi) is 5.32. The minimum absolute atomic E-state index is 0.339. The van der Waals surface area contributed by atoms with Crippen molar-refractivity contribution in [2.75, 3.05) is 4.90 Å². The molecule has 1 aliphatic rings. The highest BCUT2D eigenvalue weighted by Crippen LogP contribution is 2.44. The van der Waals surface area contributed by atoms with Crippen LogP contribution in [-0.4, -0.2) is 5.91 Å². The molecule has 1 heterocycles. The Labute approximate surface area is 179 Å². The normalized spacial score (nSPS) is 18.1. The molecule has 4 rings (SSSR count). The second kappa shape index (κ2) is 7.85. The van der Waals surface area contributed by atoms with Gasteiger partial charge in [-0.15, -0.1) is 0 Å². The highest BCUT2D eigenvalue weighted by atomic mass is 19.4. The number of para-hydroxylation sites is 1. The fourth-order valence-electron chi connectivity index (χ4n) is 3.56. The fourth-order valence-corrected chi connectivity index (χ4v) is 3.56. The lowest BCUT2D eigenvalue weighted by atomic mass is 9.84. The maximum absolute atomic E-state index is 12.9. The molecule has 0 spiro atoms. The smallest absolute Gasteiger partial charge is 0.283 e. The first-order valence-electron chi connectivity index (χ1n) is 9.51. The van der Waals surface area contributed by atoms with Gasteiger partial charge in [0.25, 0.3) is 0 Å². The van der Waals surface area contributed by atoms with Gasteiger partial charge in [-0.1, -0.05) is 42.5 Å². The molecular weight excluding hydrogens is 432 g/mol. The number of benzene rings is 3. The number of β-lactam (4-membered cyclic amide) rings is 1. The van der Waals surface area contributed by atoms with E-state index in [1.807, 2.05) is 0 Å². The molecule has 3 aromatic carbocycles. The van der Waals surface area contributed by atoms with E-state index in [1.54, 1.807) is 36.4 Å². The van der Waals surface area contributed by atoms with Crippen LogP contribution in [0.2, 0.25) is 0 Å². The van der Waals surface area contributed by atoms with Gasteiger partial charge >= 0.3 is 12.4 Å². The van der Waals surface area contributed by atoms with Gasteiger partial charge in [0.15, 0.2) is 0 Å². The van der Waals surface area contributed by atoms with Crippen LogP contribution in [0.3, 0.4) is 0 Å². The predicted molar refractivity (Wildman–Crippen MR) is 108 cm³/mol. The molecule has 8 heteroatoms. The molecule has 0 radical (unpaired) electrons. The molecule has 1 fully saturated rings. The summed E-state index contributed by atoms with van der Waals surface area (Å²) in [6, 6.07) is 17.4. The number of nitrogens with zero attached hydrogens (tertiary/aromatic N) is 1. The summed E-state index contributed by atoms with van der Waals surface area (Å²) in [5.74, 6) is -1.17. The van der Waals surface area contributed by atoms with E-state index in [0.29, 0.717) is 22.5 Å². The van der Waals surface area contributed by atoms with Gasteiger partial charge in [-0.3, -0.25) is 9.69 Å². The highest BCUT2D eigenvalue weighted by Gasteiger charge is 2.44. The van der Waals surface area contributed by atoms with E-state index < -0.39 is 29.4 Å². The van der Waals surface area contributed by atoms with Crippen LogP contribution >= 0.6 is 0 Å². The third kappa shape index (κ3) is 4.12. The number of alkyl halides is 6. The second-order valence-corrected chi connectivity index (χ2v) is 7.25. The monoisotopic (exact) mass is 447 g/mol. The summed E-state index contributed by atoms with van der Waals surface area (Å²) in [5.41, 5.74) is 0.177. The molecular formula is C24H15F6NO. The number of hydrogen-bond donors (Lipinski definition) is 0. The summed E-state index contributed by atoms with van der Waals surface area (Å²) in [7, 11) is 0. The van der Waals surface area contributed by atoms with Crippen LogP contribution in [0.15, 0.2) is 84.6 Å². The molecule has 1 saturated heterocycles. The molecule has 0 aliphatic carbocycles. The van der Waals surface area contributed by atoms with Crippen LogP contribution in [0, 0.1) is 0 Å². The van der Waals surface area contributed by atoms with E-state index in [2.05, 4.69) is 0 Å². The zero-order valence-corrected chi connectivity index (χ0v) is 16.3. The lowest BCUT2D eigenvalue weighted by molar-refractivity contribution is -0.138. The van der Waals surface area contributed by atoms with Crippen LogP contribution < -0.4 is 4.90 Å². The quantitative estimate of drug-likeness (QED) is 0.316. The summed E-state index contributed by atoms with van der Waals surface area (Å²) >= 11 is 0. The number of carbonyl (C=O) groups is 1. The van der Waals surface area contributed by atoms with Crippen molar-refractivity contribution in [2.45, 2.75) is 18.3 Å². The Balaban J connectivity index is 1.73. The minimum atomic E-state index is -4.50. The zero-order valence-electron chi connectivity index (χ0n) is 16.3. The predicted octanol–water partition coefficient (Wildman–Crippen LogP) is 6.90. The average molecular weight is 447 g/mol. The number of amides is 1. The van der Waals surface area contributed by atoms with Gasteiger partial charge < -0.3 is 0 Å². The van der Waals surface area contributed by atoms with Gasteiger partial charge in [-0.25, -0.2) is 0 Å². The summed E-state index contributed by atoms with van der Waals surface area (Å²) in [4.78, 5) is 14.3. The number of hydrogen-bond acceptors (Lipinski definition) is 1. The van der Waals surface area contributed by atoms with E-state index in [0.717, 1.165) is 24.3 Å². The van der Waals surface area contributed by atoms with Crippen molar-refractivity contribution in [2.24, 2.45) is 0 Å². The molecule has 32 heavy (non-hydrogen) atoms. The zero-order chi connectivity index (χ0) is 23.1. The maximum Gasteiger partial charge on any atom is 0.416 e. The molecule has 1 aliphatic heterocycles. The number of anilines is 1. The molecule has 1 atom stereocenters. The molecule has 0 N–H and O–H groups in total. The van der Waals surface area contributed by atoms with E-state index >= 15 is 0 Å². The van der Waals surface area contributed by atoms with Gasteiger partial charge in [0, 0.05) is 11.4 Å². The van der Waals surface area contributed by atoms with Crippen molar-refractivity contribution < 1.29 is 31.1 Å². The molecule has 0 aromatic heterocycles. The van der Waals surface area contributed by atoms with E-state index in [-0.39, 0.29) is 5.91 Å². The number of halogens is 6. The first-order valence-corrected chi connectivity index (χ1v) is 9.51. The summed E-state index contributed by atoms with van der Waals surface area (Å²) in [6.07, 6.45) is -7.41. The third-order valence-corrected chi connectivity index (χ3v) is 5.16. The van der Waals surface area contributed by atoms with Gasteiger partial charge in [-0.05, 0) is 53.6 Å². The summed E-state index contributed by atoms with van der Waals surface area (Å²) in [5, 5.41) is 0. The molecule has 164 valence electrons. The van der Waals surface area contributed by atoms with Gasteiger partial charge in [-0.2, -0.15) is 26.3 Å². The number of rotatable bonds is 3. The lowest BCUT2D eigenvalue weighted by Crippen LogP contribution is -2.48. The maximum atomic E-state index is 12.9. The third-order valence-electron chi connectivity index (χ3n) is 5.16. The van der Waals surface area contributed by atoms with Crippen molar-refractivity contribution in [3.63, 3.8) is 0 Å². The minimum Gasteiger partial charge on any atom is -0.283 e. The summed E-state index contributed by atoms with van der Waals surface area (Å²) in [6.45, 7) is 0. The van der Waals surface area contributed by atoms with Crippen molar-refractivity contribution in [1.82, 2.24) is 0 Å². The molecule has 3 aromatic rings.